The van der Waals surface area contributed by atoms with Crippen LogP contribution in [0.1, 0.15) is 32.2 Å². The lowest BCUT2D eigenvalue weighted by atomic mass is 10.2. The summed E-state index contributed by atoms with van der Waals surface area (Å²) >= 11 is 0. The highest BCUT2D eigenvalue weighted by atomic mass is 16.6. The number of ether oxygens (including phenoxy) is 1. The molecule has 0 unspecified atom stereocenters. The van der Waals surface area contributed by atoms with Gasteiger partial charge in [-0.05, 0) is 34.6 Å². The van der Waals surface area contributed by atoms with E-state index in [0.29, 0.717) is 11.4 Å². The molecule has 0 atom stereocenters. The maximum Gasteiger partial charge on any atom is 0.328 e. The minimum absolute atomic E-state index is 0.0569. The molecule has 0 aliphatic rings. The van der Waals surface area contributed by atoms with Crippen LogP contribution in [-0.2, 0) is 16.1 Å². The van der Waals surface area contributed by atoms with E-state index in [0.717, 1.165) is 0 Å². The fourth-order valence-corrected chi connectivity index (χ4v) is 1.60. The molecular formula is C11H17N3O4. The number of carbonyl (C=O) groups is 1. The van der Waals surface area contributed by atoms with E-state index in [9.17, 15) is 14.9 Å². The number of hydrogen-bond acceptors (Lipinski definition) is 5. The number of nitrogens with zero attached hydrogens (tertiary/aromatic N) is 3. The molecule has 0 aliphatic carbocycles. The van der Waals surface area contributed by atoms with Gasteiger partial charge in [-0.15, -0.1) is 0 Å². The first-order valence-electron chi connectivity index (χ1n) is 5.52. The Labute approximate surface area is 105 Å². The normalized spacial score (nSPS) is 11.4. The monoisotopic (exact) mass is 255 g/mol. The smallest absolute Gasteiger partial charge is 0.328 e. The zero-order valence-corrected chi connectivity index (χ0v) is 11.2. The van der Waals surface area contributed by atoms with Gasteiger partial charge >= 0.3 is 11.7 Å². The Morgan fingerprint density at radius 1 is 1.44 bits per heavy atom. The SMILES string of the molecule is Cc1nn(CC(=O)OC(C)(C)C)c(C)c1[N+](=O)[O-]. The molecule has 0 amide bonds. The number of nitro groups is 1. The molecule has 0 spiro atoms. The molecule has 0 radical (unpaired) electrons. The summed E-state index contributed by atoms with van der Waals surface area (Å²) in [4.78, 5) is 21.9. The Morgan fingerprint density at radius 3 is 2.39 bits per heavy atom. The lowest BCUT2D eigenvalue weighted by Crippen LogP contribution is -2.27. The minimum Gasteiger partial charge on any atom is -0.459 e. The highest BCUT2D eigenvalue weighted by molar-refractivity contribution is 5.69. The van der Waals surface area contributed by atoms with E-state index in [2.05, 4.69) is 5.10 Å². The van der Waals surface area contributed by atoms with Crippen LogP contribution in [0.25, 0.3) is 0 Å². The van der Waals surface area contributed by atoms with E-state index >= 15 is 0 Å². The van der Waals surface area contributed by atoms with Crippen molar-refractivity contribution in [1.29, 1.82) is 0 Å². The van der Waals surface area contributed by atoms with Crippen LogP contribution in [0.3, 0.4) is 0 Å². The van der Waals surface area contributed by atoms with Gasteiger partial charge < -0.3 is 4.74 Å². The van der Waals surface area contributed by atoms with Crippen LogP contribution < -0.4 is 0 Å². The number of aromatic nitrogens is 2. The third-order valence-corrected chi connectivity index (χ3v) is 2.22. The van der Waals surface area contributed by atoms with E-state index in [4.69, 9.17) is 4.74 Å². The van der Waals surface area contributed by atoms with Crippen molar-refractivity contribution in [3.05, 3.63) is 21.5 Å². The van der Waals surface area contributed by atoms with Crippen LogP contribution >= 0.6 is 0 Å². The minimum atomic E-state index is -0.584. The van der Waals surface area contributed by atoms with E-state index in [1.165, 1.54) is 11.6 Å². The number of hydrogen-bond donors (Lipinski definition) is 0. The Balaban J connectivity index is 2.90. The van der Waals surface area contributed by atoms with Gasteiger partial charge in [0.05, 0.1) is 4.92 Å². The fourth-order valence-electron chi connectivity index (χ4n) is 1.60. The molecule has 7 nitrogen and oxygen atoms in total. The Hall–Kier alpha value is -1.92. The van der Waals surface area contributed by atoms with Crippen molar-refractivity contribution in [1.82, 2.24) is 9.78 Å². The molecular weight excluding hydrogens is 238 g/mol. The molecule has 0 aliphatic heterocycles. The van der Waals surface area contributed by atoms with Gasteiger partial charge in [0.15, 0.2) is 0 Å². The van der Waals surface area contributed by atoms with Gasteiger partial charge in [0.25, 0.3) is 0 Å². The average molecular weight is 255 g/mol. The van der Waals surface area contributed by atoms with Crippen molar-refractivity contribution < 1.29 is 14.5 Å². The fraction of sp³-hybridized carbons (Fsp3) is 0.636. The lowest BCUT2D eigenvalue weighted by Gasteiger charge is -2.19. The molecule has 1 aromatic heterocycles. The maximum absolute atomic E-state index is 11.6. The second-order valence-corrected chi connectivity index (χ2v) is 5.02. The van der Waals surface area contributed by atoms with Crippen molar-refractivity contribution in [2.24, 2.45) is 0 Å². The van der Waals surface area contributed by atoms with Crippen LogP contribution in [0.5, 0.6) is 0 Å². The average Bonchev–Trinajstić information content (AvgIpc) is 2.37. The van der Waals surface area contributed by atoms with Crippen LogP contribution in [0.2, 0.25) is 0 Å². The summed E-state index contributed by atoms with van der Waals surface area (Å²) < 4.78 is 6.43. The molecule has 0 aromatic carbocycles. The summed E-state index contributed by atoms with van der Waals surface area (Å²) in [5.74, 6) is -0.469. The summed E-state index contributed by atoms with van der Waals surface area (Å²) in [6, 6.07) is 0. The molecule has 0 saturated heterocycles. The first-order chi connectivity index (χ1) is 8.11. The quantitative estimate of drug-likeness (QED) is 0.466. The zero-order valence-electron chi connectivity index (χ0n) is 11.2. The Kier molecular flexibility index (Phi) is 3.73. The molecule has 1 heterocycles. The molecule has 0 saturated carbocycles. The summed E-state index contributed by atoms with van der Waals surface area (Å²) in [5.41, 5.74) is 0.00188. The van der Waals surface area contributed by atoms with E-state index < -0.39 is 16.5 Å². The summed E-state index contributed by atoms with van der Waals surface area (Å²) in [6.07, 6.45) is 0. The Morgan fingerprint density at radius 2 is 2.00 bits per heavy atom. The zero-order chi connectivity index (χ0) is 14.1. The highest BCUT2D eigenvalue weighted by Gasteiger charge is 2.24. The molecule has 0 bridgehead atoms. The highest BCUT2D eigenvalue weighted by Crippen LogP contribution is 2.21. The van der Waals surface area contributed by atoms with E-state index in [1.807, 2.05) is 0 Å². The van der Waals surface area contributed by atoms with Crippen molar-refractivity contribution >= 4 is 11.7 Å². The number of rotatable bonds is 3. The van der Waals surface area contributed by atoms with Crippen molar-refractivity contribution in [3.8, 4) is 0 Å². The predicted molar refractivity (Wildman–Crippen MR) is 64.2 cm³/mol. The van der Waals surface area contributed by atoms with Gasteiger partial charge in [-0.25, -0.2) is 0 Å². The van der Waals surface area contributed by atoms with Crippen LogP contribution in [0.15, 0.2) is 0 Å². The molecule has 18 heavy (non-hydrogen) atoms. The van der Waals surface area contributed by atoms with Gasteiger partial charge in [0.1, 0.15) is 23.5 Å². The van der Waals surface area contributed by atoms with Crippen molar-refractivity contribution in [2.45, 2.75) is 46.8 Å². The molecule has 7 heteroatoms. The standard InChI is InChI=1S/C11H17N3O4/c1-7-10(14(16)17)8(2)13(12-7)6-9(15)18-11(3,4)5/h6H2,1-5H3. The number of carbonyl (C=O) groups excluding carboxylic acids is 1. The molecule has 100 valence electrons. The topological polar surface area (TPSA) is 87.3 Å². The third-order valence-electron chi connectivity index (χ3n) is 2.22. The van der Waals surface area contributed by atoms with Gasteiger partial charge in [-0.3, -0.25) is 19.6 Å². The lowest BCUT2D eigenvalue weighted by molar-refractivity contribution is -0.386. The summed E-state index contributed by atoms with van der Waals surface area (Å²) in [6.45, 7) is 8.24. The largest absolute Gasteiger partial charge is 0.459 e. The molecule has 1 rings (SSSR count). The van der Waals surface area contributed by atoms with Crippen LogP contribution in [-0.4, -0.2) is 26.3 Å². The predicted octanol–water partition coefficient (Wildman–Crippen LogP) is 1.75. The molecule has 0 N–H and O–H groups in total. The van der Waals surface area contributed by atoms with Crippen molar-refractivity contribution in [2.75, 3.05) is 0 Å². The van der Waals surface area contributed by atoms with Gasteiger partial charge in [0, 0.05) is 0 Å². The van der Waals surface area contributed by atoms with E-state index in [1.54, 1.807) is 27.7 Å². The van der Waals surface area contributed by atoms with Crippen molar-refractivity contribution in [3.63, 3.8) is 0 Å². The maximum atomic E-state index is 11.6. The van der Waals surface area contributed by atoms with Gasteiger partial charge in [-0.1, -0.05) is 0 Å². The summed E-state index contributed by atoms with van der Waals surface area (Å²) in [7, 11) is 0. The first-order valence-corrected chi connectivity index (χ1v) is 5.52. The van der Waals surface area contributed by atoms with Crippen LogP contribution in [0, 0.1) is 24.0 Å². The van der Waals surface area contributed by atoms with E-state index in [-0.39, 0.29) is 12.2 Å². The first kappa shape index (κ1) is 14.1. The van der Waals surface area contributed by atoms with Crippen LogP contribution in [0.4, 0.5) is 5.69 Å². The second-order valence-electron chi connectivity index (χ2n) is 5.02. The molecule has 0 fully saturated rings. The van der Waals surface area contributed by atoms with Gasteiger partial charge in [0.2, 0.25) is 0 Å². The summed E-state index contributed by atoms with van der Waals surface area (Å²) in [5, 5.41) is 14.8. The number of esters is 1. The Bertz CT molecular complexity index is 485. The third kappa shape index (κ3) is 3.28. The second kappa shape index (κ2) is 4.75. The van der Waals surface area contributed by atoms with Gasteiger partial charge in [-0.2, -0.15) is 5.10 Å². The number of aryl methyl sites for hydroxylation is 1. The molecule has 1 aromatic rings.